The van der Waals surface area contributed by atoms with Crippen LogP contribution in [0, 0.1) is 0 Å². The second kappa shape index (κ2) is 3.71. The summed E-state index contributed by atoms with van der Waals surface area (Å²) in [6.07, 6.45) is 1.66. The molecule has 0 aliphatic carbocycles. The molecule has 0 saturated heterocycles. The zero-order valence-corrected chi connectivity index (χ0v) is 4.37. The standard InChI is InChI=1S/C4H8F.Li/c1-2-3-4-5;/h4H,2-3H2,1H3;. The van der Waals surface area contributed by atoms with E-state index >= 15 is 0 Å². The van der Waals surface area contributed by atoms with Crippen molar-refractivity contribution in [3.63, 3.8) is 0 Å². The van der Waals surface area contributed by atoms with E-state index in [1.807, 2.05) is 6.92 Å². The molecule has 32 valence electrons. The number of hydrogen-bond acceptors (Lipinski definition) is 0. The van der Waals surface area contributed by atoms with E-state index in [0.717, 1.165) is 6.42 Å². The van der Waals surface area contributed by atoms with E-state index in [4.69, 9.17) is 0 Å². The van der Waals surface area contributed by atoms with Gasteiger partial charge in [0, 0.05) is 0 Å². The molecule has 0 bridgehead atoms. The summed E-state index contributed by atoms with van der Waals surface area (Å²) in [5.74, 6) is 0. The first-order valence-electron chi connectivity index (χ1n) is 2.41. The normalized spacial score (nSPS) is 14.7. The topological polar surface area (TPSA) is 0 Å². The molecule has 1 unspecified atom stereocenters. The summed E-state index contributed by atoms with van der Waals surface area (Å²) < 4.78 is 11.7. The van der Waals surface area contributed by atoms with E-state index in [1.165, 1.54) is 0 Å². The van der Waals surface area contributed by atoms with E-state index in [-0.39, 0.29) is 0 Å². The van der Waals surface area contributed by atoms with Crippen LogP contribution in [0.4, 0.5) is 4.39 Å². The molecule has 0 heterocycles. The average Bonchev–Trinajstić information content (AvgIpc) is 1.35. The van der Waals surface area contributed by atoms with E-state index in [0.29, 0.717) is 6.42 Å². The molecule has 0 N–H and O–H groups in total. The Hall–Kier alpha value is 0.527. The molecule has 0 amide bonds. The number of rotatable bonds is 2. The molecular weight excluding hydrogens is 74.0 g/mol. The quantitative estimate of drug-likeness (QED) is 0.440. The van der Waals surface area contributed by atoms with Crippen molar-refractivity contribution in [2.75, 3.05) is 0 Å². The molecule has 6 heavy (non-hydrogen) atoms. The van der Waals surface area contributed by atoms with Gasteiger partial charge in [-0.2, -0.15) is 0 Å². The Kier molecular flexibility index (Phi) is 4.03. The van der Waals surface area contributed by atoms with Crippen molar-refractivity contribution in [1.29, 1.82) is 0 Å². The third-order valence-electron chi connectivity index (χ3n) is 0.686. The first-order valence-corrected chi connectivity index (χ1v) is 2.41. The van der Waals surface area contributed by atoms with Gasteiger partial charge in [0.05, 0.1) is 0 Å². The van der Waals surface area contributed by atoms with Gasteiger partial charge >= 0.3 is 46.7 Å². The van der Waals surface area contributed by atoms with Crippen molar-refractivity contribution >= 4 is 17.7 Å². The van der Waals surface area contributed by atoms with Crippen molar-refractivity contribution in [2.24, 2.45) is 0 Å². The van der Waals surface area contributed by atoms with E-state index < -0.39 is 4.84 Å². The van der Waals surface area contributed by atoms with E-state index in [2.05, 4.69) is 0 Å². The minimum absolute atomic E-state index is 0.602. The second-order valence-corrected chi connectivity index (χ2v) is 1.57. The molecule has 0 aromatic heterocycles. The Bertz CT molecular complexity index is 28.7. The van der Waals surface area contributed by atoms with Crippen molar-refractivity contribution in [2.45, 2.75) is 24.6 Å². The fourth-order valence-corrected chi connectivity index (χ4v) is 0.398. The summed E-state index contributed by atoms with van der Waals surface area (Å²) in [5.41, 5.74) is 0. The Balaban J connectivity index is 2.63. The van der Waals surface area contributed by atoms with Gasteiger partial charge in [0.2, 0.25) is 0 Å². The SMILES string of the molecule is [Li][CH](F)CCC. The monoisotopic (exact) mass is 82.1 g/mol. The number of hydrogen-bond donors (Lipinski definition) is 0. The van der Waals surface area contributed by atoms with E-state index in [1.54, 1.807) is 17.7 Å². The van der Waals surface area contributed by atoms with Gasteiger partial charge < -0.3 is 0 Å². The van der Waals surface area contributed by atoms with Crippen molar-refractivity contribution in [1.82, 2.24) is 0 Å². The molecule has 2 heteroatoms. The first kappa shape index (κ1) is 6.53. The summed E-state index contributed by atoms with van der Waals surface area (Å²) in [6.45, 7) is 1.98. The molecule has 0 spiro atoms. The minimum atomic E-state index is -0.602. The molecule has 0 aliphatic heterocycles. The van der Waals surface area contributed by atoms with Crippen LogP contribution in [0.3, 0.4) is 0 Å². The third kappa shape index (κ3) is 4.53. The van der Waals surface area contributed by atoms with Gasteiger partial charge in [-0.25, -0.2) is 0 Å². The Morgan fingerprint density at radius 2 is 2.33 bits per heavy atom. The van der Waals surface area contributed by atoms with Crippen LogP contribution < -0.4 is 0 Å². The summed E-state index contributed by atoms with van der Waals surface area (Å²) in [5, 5.41) is 0. The summed E-state index contributed by atoms with van der Waals surface area (Å²) >= 11 is 1.59. The third-order valence-corrected chi connectivity index (χ3v) is 0.686. The van der Waals surface area contributed by atoms with Crippen molar-refractivity contribution in [3.8, 4) is 0 Å². The fraction of sp³-hybridized carbons (Fsp3) is 1.00. The molecular formula is C4H8FLi. The zero-order chi connectivity index (χ0) is 4.99. The molecule has 0 aliphatic rings. The Morgan fingerprint density at radius 1 is 1.83 bits per heavy atom. The maximum atomic E-state index is 11.7. The van der Waals surface area contributed by atoms with Gasteiger partial charge in [-0.3, -0.25) is 0 Å². The number of halogens is 1. The Labute approximate surface area is 47.3 Å². The van der Waals surface area contributed by atoms with Crippen LogP contribution >= 0.6 is 0 Å². The van der Waals surface area contributed by atoms with Crippen molar-refractivity contribution < 1.29 is 4.39 Å². The van der Waals surface area contributed by atoms with Crippen LogP contribution in [0.1, 0.15) is 19.8 Å². The van der Waals surface area contributed by atoms with Crippen LogP contribution in [0.15, 0.2) is 0 Å². The maximum absolute atomic E-state index is 11.7. The fourth-order valence-electron chi connectivity index (χ4n) is 0.398. The molecule has 0 fully saturated rings. The first-order chi connectivity index (χ1) is 2.77. The van der Waals surface area contributed by atoms with Crippen LogP contribution in [0.25, 0.3) is 0 Å². The van der Waals surface area contributed by atoms with Crippen LogP contribution in [-0.2, 0) is 0 Å². The molecule has 1 atom stereocenters. The zero-order valence-electron chi connectivity index (χ0n) is 4.37. The van der Waals surface area contributed by atoms with Crippen LogP contribution in [0.5, 0.6) is 0 Å². The predicted molar refractivity (Wildman–Crippen MR) is 25.6 cm³/mol. The van der Waals surface area contributed by atoms with Gasteiger partial charge in [0.15, 0.2) is 0 Å². The molecule has 0 radical (unpaired) electrons. The van der Waals surface area contributed by atoms with Gasteiger partial charge in [-0.1, -0.05) is 0 Å². The summed E-state index contributed by atoms with van der Waals surface area (Å²) in [4.78, 5) is -0.602. The van der Waals surface area contributed by atoms with E-state index in [9.17, 15) is 4.39 Å². The average molecular weight is 82.0 g/mol. The second-order valence-electron chi connectivity index (χ2n) is 1.57. The Morgan fingerprint density at radius 3 is 2.33 bits per heavy atom. The summed E-state index contributed by atoms with van der Waals surface area (Å²) in [7, 11) is 0. The van der Waals surface area contributed by atoms with Crippen LogP contribution in [-0.4, -0.2) is 22.6 Å². The van der Waals surface area contributed by atoms with Gasteiger partial charge in [-0.05, 0) is 0 Å². The molecule has 0 aromatic carbocycles. The van der Waals surface area contributed by atoms with Gasteiger partial charge in [0.1, 0.15) is 0 Å². The van der Waals surface area contributed by atoms with Gasteiger partial charge in [-0.15, -0.1) is 0 Å². The molecule has 0 aromatic rings. The molecule has 0 saturated carbocycles. The van der Waals surface area contributed by atoms with Gasteiger partial charge in [0.25, 0.3) is 0 Å². The predicted octanol–water partition coefficient (Wildman–Crippen LogP) is 1.25. The molecule has 0 rings (SSSR count). The molecule has 0 nitrogen and oxygen atoms in total. The number of alkyl halides is 1. The van der Waals surface area contributed by atoms with Crippen LogP contribution in [0.2, 0.25) is 0 Å². The summed E-state index contributed by atoms with van der Waals surface area (Å²) in [6, 6.07) is 0. The van der Waals surface area contributed by atoms with Crippen molar-refractivity contribution in [3.05, 3.63) is 0 Å².